The molecule has 1 rings (SSSR count). The molecular formula is C10H17N5O. The van der Waals surface area contributed by atoms with Gasteiger partial charge in [-0.05, 0) is 13.8 Å². The van der Waals surface area contributed by atoms with E-state index in [-0.39, 0.29) is 18.5 Å². The highest BCUT2D eigenvalue weighted by atomic mass is 16.1. The van der Waals surface area contributed by atoms with Gasteiger partial charge < -0.3 is 16.0 Å². The number of nitrogens with zero attached hydrogens (tertiary/aromatic N) is 3. The number of hydrogen-bond donors (Lipinski definition) is 2. The maximum atomic E-state index is 11.0. The van der Waals surface area contributed by atoms with Crippen LogP contribution in [0.1, 0.15) is 13.8 Å². The Labute approximate surface area is 94.9 Å². The van der Waals surface area contributed by atoms with Gasteiger partial charge in [-0.2, -0.15) is 0 Å². The Kier molecular flexibility index (Phi) is 4.04. The van der Waals surface area contributed by atoms with E-state index in [1.165, 1.54) is 0 Å². The van der Waals surface area contributed by atoms with Crippen molar-refractivity contribution in [1.29, 1.82) is 0 Å². The minimum atomic E-state index is -0.384. The van der Waals surface area contributed by atoms with Crippen LogP contribution in [0.25, 0.3) is 0 Å². The highest BCUT2D eigenvalue weighted by molar-refractivity contribution is 5.79. The fourth-order valence-electron chi connectivity index (χ4n) is 1.31. The van der Waals surface area contributed by atoms with Gasteiger partial charge in [0.25, 0.3) is 0 Å². The zero-order valence-corrected chi connectivity index (χ0v) is 9.77. The van der Waals surface area contributed by atoms with Crippen molar-refractivity contribution in [1.82, 2.24) is 9.97 Å². The van der Waals surface area contributed by atoms with E-state index >= 15 is 0 Å². The summed E-state index contributed by atoms with van der Waals surface area (Å²) in [6.07, 6.45) is 3.23. The van der Waals surface area contributed by atoms with Crippen molar-refractivity contribution >= 4 is 17.5 Å². The molecule has 88 valence electrons. The first-order valence-corrected chi connectivity index (χ1v) is 5.09. The van der Waals surface area contributed by atoms with E-state index in [2.05, 4.69) is 15.3 Å². The summed E-state index contributed by atoms with van der Waals surface area (Å²) in [7, 11) is 1.77. The lowest BCUT2D eigenvalue weighted by Crippen LogP contribution is -2.39. The first-order chi connectivity index (χ1) is 7.54. The first-order valence-electron chi connectivity index (χ1n) is 5.09. The molecule has 0 aliphatic rings. The summed E-state index contributed by atoms with van der Waals surface area (Å²) in [6.45, 7) is 4.08. The third-order valence-electron chi connectivity index (χ3n) is 2.12. The molecule has 1 aromatic heterocycles. The van der Waals surface area contributed by atoms with Gasteiger partial charge in [-0.15, -0.1) is 0 Å². The van der Waals surface area contributed by atoms with Crippen LogP contribution >= 0.6 is 0 Å². The Morgan fingerprint density at radius 1 is 1.56 bits per heavy atom. The van der Waals surface area contributed by atoms with E-state index in [4.69, 9.17) is 5.73 Å². The van der Waals surface area contributed by atoms with Crippen LogP contribution in [0.2, 0.25) is 0 Å². The van der Waals surface area contributed by atoms with Crippen molar-refractivity contribution in [2.75, 3.05) is 23.8 Å². The van der Waals surface area contributed by atoms with Gasteiger partial charge in [0.05, 0.1) is 18.9 Å². The number of carbonyl (C=O) groups excluding carboxylic acids is 1. The van der Waals surface area contributed by atoms with Crippen molar-refractivity contribution in [2.24, 2.45) is 5.73 Å². The smallest absolute Gasteiger partial charge is 0.237 e. The molecule has 1 aromatic rings. The fourth-order valence-corrected chi connectivity index (χ4v) is 1.31. The summed E-state index contributed by atoms with van der Waals surface area (Å²) < 4.78 is 0. The Morgan fingerprint density at radius 3 is 2.75 bits per heavy atom. The van der Waals surface area contributed by atoms with Crippen molar-refractivity contribution < 1.29 is 4.79 Å². The molecule has 6 heteroatoms. The van der Waals surface area contributed by atoms with E-state index in [0.717, 1.165) is 0 Å². The van der Waals surface area contributed by atoms with Crippen LogP contribution in [0, 0.1) is 0 Å². The van der Waals surface area contributed by atoms with Gasteiger partial charge in [-0.25, -0.2) is 4.98 Å². The molecule has 6 nitrogen and oxygen atoms in total. The number of anilines is 2. The van der Waals surface area contributed by atoms with E-state index < -0.39 is 0 Å². The molecule has 0 radical (unpaired) electrons. The van der Waals surface area contributed by atoms with E-state index in [1.807, 2.05) is 13.8 Å². The molecule has 3 N–H and O–H groups in total. The summed E-state index contributed by atoms with van der Waals surface area (Å²) in [5, 5.41) is 2.90. The zero-order valence-electron chi connectivity index (χ0n) is 9.77. The number of nitrogens with one attached hydrogen (secondary N) is 1. The predicted octanol–water partition coefficient (Wildman–Crippen LogP) is 0.218. The van der Waals surface area contributed by atoms with Gasteiger partial charge in [-0.3, -0.25) is 9.78 Å². The Bertz CT molecular complexity index is 366. The maximum Gasteiger partial charge on any atom is 0.237 e. The molecule has 0 unspecified atom stereocenters. The quantitative estimate of drug-likeness (QED) is 0.746. The molecule has 0 saturated heterocycles. The summed E-state index contributed by atoms with van der Waals surface area (Å²) in [5.74, 6) is 0.915. The summed E-state index contributed by atoms with van der Waals surface area (Å²) in [5.41, 5.74) is 5.19. The summed E-state index contributed by atoms with van der Waals surface area (Å²) in [6, 6.07) is 0.133. The van der Waals surface area contributed by atoms with E-state index in [9.17, 15) is 4.79 Å². The number of carbonyl (C=O) groups is 1. The number of rotatable bonds is 5. The highest BCUT2D eigenvalue weighted by Gasteiger charge is 2.14. The predicted molar refractivity (Wildman–Crippen MR) is 63.3 cm³/mol. The first kappa shape index (κ1) is 12.2. The molecule has 0 bridgehead atoms. The Hall–Kier alpha value is -1.85. The number of hydrogen-bond acceptors (Lipinski definition) is 5. The second-order valence-electron chi connectivity index (χ2n) is 3.70. The van der Waals surface area contributed by atoms with Crippen LogP contribution in [0.15, 0.2) is 12.4 Å². The molecule has 0 aliphatic carbocycles. The van der Waals surface area contributed by atoms with E-state index in [0.29, 0.717) is 11.6 Å². The average molecular weight is 223 g/mol. The van der Waals surface area contributed by atoms with Crippen molar-refractivity contribution in [3.8, 4) is 0 Å². The highest BCUT2D eigenvalue weighted by Crippen LogP contribution is 2.14. The topological polar surface area (TPSA) is 84.1 Å². The van der Waals surface area contributed by atoms with Crippen LogP contribution in [-0.2, 0) is 4.79 Å². The second-order valence-corrected chi connectivity index (χ2v) is 3.70. The molecule has 1 heterocycles. The summed E-state index contributed by atoms with van der Waals surface area (Å²) in [4.78, 5) is 21.1. The van der Waals surface area contributed by atoms with Crippen LogP contribution in [-0.4, -0.2) is 35.5 Å². The number of nitrogens with two attached hydrogens (primary N) is 1. The van der Waals surface area contributed by atoms with Gasteiger partial charge in [0, 0.05) is 13.1 Å². The minimum absolute atomic E-state index is 0.133. The zero-order chi connectivity index (χ0) is 12.1. The van der Waals surface area contributed by atoms with Gasteiger partial charge in [-0.1, -0.05) is 0 Å². The standard InChI is InChI=1S/C10H17N5O/c1-7(2)15(6-8(11)16)10-5-13-4-9(12-3)14-10/h4-5,7H,6H2,1-3H3,(H2,11,16)(H,12,14). The van der Waals surface area contributed by atoms with Crippen molar-refractivity contribution in [2.45, 2.75) is 19.9 Å². The van der Waals surface area contributed by atoms with Crippen LogP contribution in [0.3, 0.4) is 0 Å². The van der Waals surface area contributed by atoms with Gasteiger partial charge in [0.2, 0.25) is 5.91 Å². The molecular weight excluding hydrogens is 206 g/mol. The molecule has 16 heavy (non-hydrogen) atoms. The minimum Gasteiger partial charge on any atom is -0.372 e. The lowest BCUT2D eigenvalue weighted by atomic mass is 10.3. The SMILES string of the molecule is CNc1cncc(N(CC(N)=O)C(C)C)n1. The lowest BCUT2D eigenvalue weighted by molar-refractivity contribution is -0.116. The monoisotopic (exact) mass is 223 g/mol. The third-order valence-corrected chi connectivity index (χ3v) is 2.12. The molecule has 1 amide bonds. The Balaban J connectivity index is 2.95. The molecule has 0 aliphatic heterocycles. The molecule has 0 fully saturated rings. The number of primary amides is 1. The largest absolute Gasteiger partial charge is 0.372 e. The van der Waals surface area contributed by atoms with Crippen molar-refractivity contribution in [3.05, 3.63) is 12.4 Å². The van der Waals surface area contributed by atoms with E-state index in [1.54, 1.807) is 24.3 Å². The normalized spacial score (nSPS) is 10.2. The van der Waals surface area contributed by atoms with Crippen LogP contribution in [0.4, 0.5) is 11.6 Å². The van der Waals surface area contributed by atoms with Crippen LogP contribution < -0.4 is 16.0 Å². The third kappa shape index (κ3) is 3.08. The molecule has 0 saturated carbocycles. The van der Waals surface area contributed by atoms with Gasteiger partial charge >= 0.3 is 0 Å². The molecule has 0 aromatic carbocycles. The number of amides is 1. The van der Waals surface area contributed by atoms with Gasteiger partial charge in [0.1, 0.15) is 11.6 Å². The second kappa shape index (κ2) is 5.29. The van der Waals surface area contributed by atoms with Crippen molar-refractivity contribution in [3.63, 3.8) is 0 Å². The van der Waals surface area contributed by atoms with Gasteiger partial charge in [0.15, 0.2) is 0 Å². The Morgan fingerprint density at radius 2 is 2.25 bits per heavy atom. The average Bonchev–Trinajstić information content (AvgIpc) is 2.25. The molecule has 0 spiro atoms. The van der Waals surface area contributed by atoms with Crippen LogP contribution in [0.5, 0.6) is 0 Å². The maximum absolute atomic E-state index is 11.0. The fraction of sp³-hybridized carbons (Fsp3) is 0.500. The summed E-state index contributed by atoms with van der Waals surface area (Å²) >= 11 is 0. The number of aromatic nitrogens is 2. The molecule has 0 atom stereocenters. The lowest BCUT2D eigenvalue weighted by Gasteiger charge is -2.26.